The standard InChI is InChI=1S/C24H27NO3/c1-17(2)25(16-18-6-5-9-22(14-18)24(27)28)13-12-23(26)21-11-10-19-7-3-4-8-20(19)15-21/h3-11,14-15,17,23,26H,12-13,16H2,1-2H3,(H,27,28). The molecule has 0 heterocycles. The molecule has 4 heteroatoms. The maximum absolute atomic E-state index is 11.2. The van der Waals surface area contributed by atoms with Crippen LogP contribution in [0.4, 0.5) is 0 Å². The smallest absolute Gasteiger partial charge is 0.335 e. The molecule has 1 unspecified atom stereocenters. The molecule has 0 fully saturated rings. The van der Waals surface area contributed by atoms with Crippen LogP contribution in [0.15, 0.2) is 66.7 Å². The van der Waals surface area contributed by atoms with Gasteiger partial charge >= 0.3 is 5.97 Å². The highest BCUT2D eigenvalue weighted by atomic mass is 16.4. The summed E-state index contributed by atoms with van der Waals surface area (Å²) in [5.41, 5.74) is 2.20. The lowest BCUT2D eigenvalue weighted by atomic mass is 10.0. The number of hydrogen-bond acceptors (Lipinski definition) is 3. The van der Waals surface area contributed by atoms with Gasteiger partial charge in [0.2, 0.25) is 0 Å². The summed E-state index contributed by atoms with van der Waals surface area (Å²) in [6.07, 6.45) is 0.0889. The van der Waals surface area contributed by atoms with E-state index >= 15 is 0 Å². The number of rotatable bonds is 8. The minimum Gasteiger partial charge on any atom is -0.478 e. The number of aliphatic hydroxyl groups excluding tert-OH is 1. The summed E-state index contributed by atoms with van der Waals surface area (Å²) < 4.78 is 0. The van der Waals surface area contributed by atoms with Crippen LogP contribution in [0, 0.1) is 0 Å². The lowest BCUT2D eigenvalue weighted by Crippen LogP contribution is -2.32. The summed E-state index contributed by atoms with van der Waals surface area (Å²) in [6, 6.07) is 21.6. The Hall–Kier alpha value is -2.69. The molecule has 2 N–H and O–H groups in total. The lowest BCUT2D eigenvalue weighted by Gasteiger charge is -2.27. The largest absolute Gasteiger partial charge is 0.478 e. The number of benzene rings is 3. The number of hydrogen-bond donors (Lipinski definition) is 2. The van der Waals surface area contributed by atoms with Crippen molar-refractivity contribution in [3.63, 3.8) is 0 Å². The van der Waals surface area contributed by atoms with Gasteiger partial charge in [-0.15, -0.1) is 0 Å². The Bertz CT molecular complexity index is 951. The highest BCUT2D eigenvalue weighted by Crippen LogP contribution is 2.23. The third kappa shape index (κ3) is 4.97. The van der Waals surface area contributed by atoms with E-state index in [-0.39, 0.29) is 6.04 Å². The molecule has 0 radical (unpaired) electrons. The SMILES string of the molecule is CC(C)N(CCC(O)c1ccc2ccccc2c1)Cc1cccc(C(=O)O)c1. The van der Waals surface area contributed by atoms with Crippen molar-refractivity contribution < 1.29 is 15.0 Å². The first kappa shape index (κ1) is 20.1. The van der Waals surface area contributed by atoms with Gasteiger partial charge in [0.25, 0.3) is 0 Å². The predicted molar refractivity (Wildman–Crippen MR) is 112 cm³/mol. The van der Waals surface area contributed by atoms with Crippen LogP contribution in [0.1, 0.15) is 47.9 Å². The van der Waals surface area contributed by atoms with Gasteiger partial charge in [0.05, 0.1) is 11.7 Å². The zero-order valence-corrected chi connectivity index (χ0v) is 16.4. The predicted octanol–water partition coefficient (Wildman–Crippen LogP) is 4.87. The molecule has 3 aromatic rings. The molecule has 1 atom stereocenters. The normalized spacial score (nSPS) is 12.6. The fraction of sp³-hybridized carbons (Fsp3) is 0.292. The van der Waals surface area contributed by atoms with Crippen molar-refractivity contribution in [3.8, 4) is 0 Å². The van der Waals surface area contributed by atoms with Crippen LogP contribution in [0.25, 0.3) is 10.8 Å². The second-order valence-corrected chi connectivity index (χ2v) is 7.48. The van der Waals surface area contributed by atoms with Crippen LogP contribution in [-0.4, -0.2) is 33.7 Å². The number of nitrogens with zero attached hydrogens (tertiary/aromatic N) is 1. The molecule has 0 aliphatic rings. The number of aromatic carboxylic acids is 1. The van der Waals surface area contributed by atoms with E-state index in [4.69, 9.17) is 0 Å². The van der Waals surface area contributed by atoms with E-state index in [1.54, 1.807) is 18.2 Å². The summed E-state index contributed by atoms with van der Waals surface area (Å²) in [4.78, 5) is 13.4. The van der Waals surface area contributed by atoms with Gasteiger partial charge in [0.1, 0.15) is 0 Å². The van der Waals surface area contributed by atoms with E-state index in [1.165, 1.54) is 5.39 Å². The van der Waals surface area contributed by atoms with E-state index in [2.05, 4.69) is 36.9 Å². The van der Waals surface area contributed by atoms with Gasteiger partial charge in [-0.3, -0.25) is 4.90 Å². The molecule has 4 nitrogen and oxygen atoms in total. The summed E-state index contributed by atoms with van der Waals surface area (Å²) in [7, 11) is 0. The quantitative estimate of drug-likeness (QED) is 0.588. The average Bonchev–Trinajstić information content (AvgIpc) is 2.70. The van der Waals surface area contributed by atoms with Gasteiger partial charge in [0.15, 0.2) is 0 Å². The highest BCUT2D eigenvalue weighted by molar-refractivity contribution is 5.87. The molecule has 0 saturated carbocycles. The molecule has 0 aromatic heterocycles. The summed E-state index contributed by atoms with van der Waals surface area (Å²) in [6.45, 7) is 5.61. The Morgan fingerprint density at radius 3 is 2.43 bits per heavy atom. The van der Waals surface area contributed by atoms with E-state index in [0.717, 1.165) is 23.1 Å². The van der Waals surface area contributed by atoms with Crippen molar-refractivity contribution in [2.24, 2.45) is 0 Å². The van der Waals surface area contributed by atoms with Gasteiger partial charge < -0.3 is 10.2 Å². The number of carbonyl (C=O) groups is 1. The van der Waals surface area contributed by atoms with Crippen molar-refractivity contribution in [1.82, 2.24) is 4.90 Å². The van der Waals surface area contributed by atoms with Crippen LogP contribution in [0.5, 0.6) is 0 Å². The van der Waals surface area contributed by atoms with Gasteiger partial charge in [-0.05, 0) is 60.4 Å². The minimum absolute atomic E-state index is 0.289. The first-order valence-electron chi connectivity index (χ1n) is 9.67. The van der Waals surface area contributed by atoms with Crippen LogP contribution in [0.2, 0.25) is 0 Å². The van der Waals surface area contributed by atoms with E-state index in [1.807, 2.05) is 30.3 Å². The molecule has 146 valence electrons. The number of carboxylic acids is 1. The molecular weight excluding hydrogens is 350 g/mol. The van der Waals surface area contributed by atoms with E-state index in [0.29, 0.717) is 18.5 Å². The maximum atomic E-state index is 11.2. The fourth-order valence-corrected chi connectivity index (χ4v) is 3.43. The number of fused-ring (bicyclic) bond motifs is 1. The van der Waals surface area contributed by atoms with E-state index < -0.39 is 12.1 Å². The minimum atomic E-state index is -0.912. The van der Waals surface area contributed by atoms with Crippen LogP contribution in [0.3, 0.4) is 0 Å². The Morgan fingerprint density at radius 2 is 1.71 bits per heavy atom. The molecule has 3 rings (SSSR count). The number of carboxylic acid groups (broad SMARTS) is 1. The average molecular weight is 377 g/mol. The Labute approximate surface area is 166 Å². The highest BCUT2D eigenvalue weighted by Gasteiger charge is 2.15. The monoisotopic (exact) mass is 377 g/mol. The first-order valence-corrected chi connectivity index (χ1v) is 9.67. The van der Waals surface area contributed by atoms with Gasteiger partial charge in [-0.2, -0.15) is 0 Å². The summed E-state index contributed by atoms with van der Waals surface area (Å²) in [5, 5.41) is 22.2. The zero-order chi connectivity index (χ0) is 20.1. The second kappa shape index (κ2) is 9.00. The third-order valence-electron chi connectivity index (χ3n) is 5.14. The van der Waals surface area contributed by atoms with Gasteiger partial charge in [-0.25, -0.2) is 4.79 Å². The molecular formula is C24H27NO3. The molecule has 0 aliphatic carbocycles. The van der Waals surface area contributed by atoms with Crippen molar-refractivity contribution in [2.45, 2.75) is 39.0 Å². The molecule has 0 amide bonds. The molecule has 0 bridgehead atoms. The lowest BCUT2D eigenvalue weighted by molar-refractivity contribution is 0.0696. The summed E-state index contributed by atoms with van der Waals surface area (Å²) in [5.74, 6) is -0.912. The topological polar surface area (TPSA) is 60.8 Å². The molecule has 28 heavy (non-hydrogen) atoms. The van der Waals surface area contributed by atoms with Crippen LogP contribution < -0.4 is 0 Å². The number of aliphatic hydroxyl groups is 1. The van der Waals surface area contributed by atoms with Crippen LogP contribution in [-0.2, 0) is 6.54 Å². The Morgan fingerprint density at radius 1 is 0.964 bits per heavy atom. The molecule has 3 aromatic carbocycles. The van der Waals surface area contributed by atoms with Crippen molar-refractivity contribution >= 4 is 16.7 Å². The van der Waals surface area contributed by atoms with Gasteiger partial charge in [0, 0.05) is 19.1 Å². The molecule has 0 saturated heterocycles. The second-order valence-electron chi connectivity index (χ2n) is 7.48. The molecule has 0 spiro atoms. The fourth-order valence-electron chi connectivity index (χ4n) is 3.43. The van der Waals surface area contributed by atoms with Crippen LogP contribution >= 0.6 is 0 Å². The summed E-state index contributed by atoms with van der Waals surface area (Å²) >= 11 is 0. The van der Waals surface area contributed by atoms with Crippen molar-refractivity contribution in [2.75, 3.05) is 6.54 Å². The Kier molecular flexibility index (Phi) is 6.45. The first-order chi connectivity index (χ1) is 13.4. The van der Waals surface area contributed by atoms with Crippen molar-refractivity contribution in [3.05, 3.63) is 83.4 Å². The maximum Gasteiger partial charge on any atom is 0.335 e. The van der Waals surface area contributed by atoms with Gasteiger partial charge in [-0.1, -0.05) is 48.5 Å². The zero-order valence-electron chi connectivity index (χ0n) is 16.4. The Balaban J connectivity index is 1.66. The third-order valence-corrected chi connectivity index (χ3v) is 5.14. The van der Waals surface area contributed by atoms with Crippen molar-refractivity contribution in [1.29, 1.82) is 0 Å². The molecule has 0 aliphatic heterocycles. The van der Waals surface area contributed by atoms with E-state index in [9.17, 15) is 15.0 Å².